The van der Waals surface area contributed by atoms with Crippen molar-refractivity contribution in [2.24, 2.45) is 0 Å². The molecular formula is C21H25NO6. The van der Waals surface area contributed by atoms with E-state index >= 15 is 0 Å². The fraction of sp³-hybridized carbons (Fsp3) is 0.333. The van der Waals surface area contributed by atoms with Crippen molar-refractivity contribution in [1.29, 1.82) is 0 Å². The van der Waals surface area contributed by atoms with Crippen molar-refractivity contribution in [3.8, 4) is 17.2 Å². The summed E-state index contributed by atoms with van der Waals surface area (Å²) in [6.45, 7) is 1.64. The normalized spacial score (nSPS) is 11.2. The Morgan fingerprint density at radius 1 is 0.964 bits per heavy atom. The molecule has 28 heavy (non-hydrogen) atoms. The predicted octanol–water partition coefficient (Wildman–Crippen LogP) is 2.37. The first-order chi connectivity index (χ1) is 13.5. The molecule has 0 radical (unpaired) electrons. The molecule has 0 aromatic heterocycles. The van der Waals surface area contributed by atoms with Gasteiger partial charge in [-0.15, -0.1) is 0 Å². The van der Waals surface area contributed by atoms with Gasteiger partial charge in [0.15, 0.2) is 24.2 Å². The number of benzene rings is 2. The zero-order chi connectivity index (χ0) is 20.4. The van der Waals surface area contributed by atoms with Gasteiger partial charge in [0, 0.05) is 6.54 Å². The number of rotatable bonds is 10. The number of methoxy groups -OCH3 is 2. The summed E-state index contributed by atoms with van der Waals surface area (Å²) in [5.74, 6) is 0.727. The summed E-state index contributed by atoms with van der Waals surface area (Å²) < 4.78 is 20.7. The molecule has 0 saturated heterocycles. The number of esters is 1. The maximum atomic E-state index is 12.1. The smallest absolute Gasteiger partial charge is 0.344 e. The molecule has 2 rings (SSSR count). The molecule has 0 aliphatic heterocycles. The number of hydrogen-bond donors (Lipinski definition) is 1. The number of ether oxygens (including phenoxy) is 4. The summed E-state index contributed by atoms with van der Waals surface area (Å²) in [5.41, 5.74) is 1.07. The van der Waals surface area contributed by atoms with Crippen molar-refractivity contribution < 1.29 is 28.5 Å². The molecule has 0 heterocycles. The van der Waals surface area contributed by atoms with E-state index in [2.05, 4.69) is 5.32 Å². The topological polar surface area (TPSA) is 83.1 Å². The van der Waals surface area contributed by atoms with E-state index in [1.165, 1.54) is 14.0 Å². The van der Waals surface area contributed by atoms with Gasteiger partial charge < -0.3 is 24.3 Å². The van der Waals surface area contributed by atoms with Crippen LogP contribution in [0.2, 0.25) is 0 Å². The fourth-order valence-corrected chi connectivity index (χ4v) is 2.43. The Bertz CT molecular complexity index is 775. The summed E-state index contributed by atoms with van der Waals surface area (Å²) in [4.78, 5) is 24.0. The van der Waals surface area contributed by atoms with E-state index in [1.807, 2.05) is 24.3 Å². The van der Waals surface area contributed by atoms with Crippen LogP contribution in [-0.4, -0.2) is 45.4 Å². The Labute approximate surface area is 164 Å². The summed E-state index contributed by atoms with van der Waals surface area (Å²) in [6.07, 6.45) is -0.252. The molecule has 2 aromatic rings. The van der Waals surface area contributed by atoms with Crippen LogP contribution in [-0.2, 0) is 20.7 Å². The average molecular weight is 387 g/mol. The summed E-state index contributed by atoms with van der Waals surface area (Å²) in [7, 11) is 3.12. The van der Waals surface area contributed by atoms with E-state index in [1.54, 1.807) is 31.4 Å². The van der Waals surface area contributed by atoms with Gasteiger partial charge in [-0.2, -0.15) is 0 Å². The number of carbonyl (C=O) groups is 2. The number of carbonyl (C=O) groups excluding carboxylic acids is 2. The van der Waals surface area contributed by atoms with Gasteiger partial charge in [0.25, 0.3) is 5.91 Å². The van der Waals surface area contributed by atoms with Crippen molar-refractivity contribution in [1.82, 2.24) is 5.32 Å². The van der Waals surface area contributed by atoms with Gasteiger partial charge >= 0.3 is 5.97 Å². The van der Waals surface area contributed by atoms with E-state index in [9.17, 15) is 9.59 Å². The van der Waals surface area contributed by atoms with Gasteiger partial charge in [0.05, 0.1) is 14.2 Å². The summed E-state index contributed by atoms with van der Waals surface area (Å²) in [6, 6.07) is 14.6. The van der Waals surface area contributed by atoms with Crippen LogP contribution in [0.1, 0.15) is 12.5 Å². The van der Waals surface area contributed by atoms with Crippen LogP contribution < -0.4 is 19.5 Å². The molecule has 150 valence electrons. The first-order valence-corrected chi connectivity index (χ1v) is 8.89. The van der Waals surface area contributed by atoms with Gasteiger partial charge in [0.2, 0.25) is 0 Å². The van der Waals surface area contributed by atoms with Crippen LogP contribution in [0.4, 0.5) is 0 Å². The lowest BCUT2D eigenvalue weighted by atomic mass is 10.1. The third-order valence-corrected chi connectivity index (χ3v) is 3.96. The number of para-hydroxylation sites is 2. The minimum absolute atomic E-state index is 0.316. The van der Waals surface area contributed by atoms with E-state index in [-0.39, 0.29) is 12.5 Å². The highest BCUT2D eigenvalue weighted by molar-refractivity contribution is 5.83. The van der Waals surface area contributed by atoms with E-state index < -0.39 is 12.1 Å². The van der Waals surface area contributed by atoms with Crippen LogP contribution in [0.3, 0.4) is 0 Å². The molecule has 1 N–H and O–H groups in total. The minimum Gasteiger partial charge on any atom is -0.497 e. The number of amides is 1. The van der Waals surface area contributed by atoms with Crippen LogP contribution in [0.5, 0.6) is 17.2 Å². The van der Waals surface area contributed by atoms with Crippen LogP contribution in [0, 0.1) is 0 Å². The Morgan fingerprint density at radius 3 is 2.29 bits per heavy atom. The third-order valence-electron chi connectivity index (χ3n) is 3.96. The molecule has 1 unspecified atom stereocenters. The largest absolute Gasteiger partial charge is 0.497 e. The first kappa shape index (κ1) is 21.1. The highest BCUT2D eigenvalue weighted by Crippen LogP contribution is 2.25. The number of nitrogens with one attached hydrogen (secondary N) is 1. The van der Waals surface area contributed by atoms with Gasteiger partial charge in [-0.05, 0) is 43.2 Å². The summed E-state index contributed by atoms with van der Waals surface area (Å²) >= 11 is 0. The molecular weight excluding hydrogens is 362 g/mol. The standard InChI is InChI=1S/C21H25NO6/c1-15(21(24)22-13-12-16-8-10-17(25-2)11-9-16)28-20(23)14-27-19-7-5-4-6-18(19)26-3/h4-11,15H,12-14H2,1-3H3,(H,22,24). The lowest BCUT2D eigenvalue weighted by Gasteiger charge is -2.14. The molecule has 0 aliphatic carbocycles. The van der Waals surface area contributed by atoms with Crippen LogP contribution in [0.15, 0.2) is 48.5 Å². The molecule has 0 spiro atoms. The maximum absolute atomic E-state index is 12.1. The second kappa shape index (κ2) is 10.8. The first-order valence-electron chi connectivity index (χ1n) is 8.89. The molecule has 0 aliphatic rings. The quantitative estimate of drug-likeness (QED) is 0.630. The zero-order valence-corrected chi connectivity index (χ0v) is 16.3. The Morgan fingerprint density at radius 2 is 1.64 bits per heavy atom. The lowest BCUT2D eigenvalue weighted by Crippen LogP contribution is -2.37. The maximum Gasteiger partial charge on any atom is 0.344 e. The van der Waals surface area contributed by atoms with Crippen molar-refractivity contribution in [3.63, 3.8) is 0 Å². The zero-order valence-electron chi connectivity index (χ0n) is 16.3. The Kier molecular flexibility index (Phi) is 8.14. The van der Waals surface area contributed by atoms with Crippen molar-refractivity contribution in [3.05, 3.63) is 54.1 Å². The van der Waals surface area contributed by atoms with E-state index in [0.717, 1.165) is 11.3 Å². The average Bonchev–Trinajstić information content (AvgIpc) is 2.72. The molecule has 0 saturated carbocycles. The predicted molar refractivity (Wildman–Crippen MR) is 104 cm³/mol. The van der Waals surface area contributed by atoms with Gasteiger partial charge in [0.1, 0.15) is 5.75 Å². The molecule has 1 atom stereocenters. The third kappa shape index (κ3) is 6.50. The fourth-order valence-electron chi connectivity index (χ4n) is 2.43. The van der Waals surface area contributed by atoms with Gasteiger partial charge in [-0.3, -0.25) is 4.79 Å². The molecule has 7 nitrogen and oxygen atoms in total. The second-order valence-electron chi connectivity index (χ2n) is 5.96. The van der Waals surface area contributed by atoms with E-state index in [0.29, 0.717) is 24.5 Å². The number of hydrogen-bond acceptors (Lipinski definition) is 6. The molecule has 0 bridgehead atoms. The molecule has 0 fully saturated rings. The van der Waals surface area contributed by atoms with Crippen molar-refractivity contribution >= 4 is 11.9 Å². The Balaban J connectivity index is 1.71. The SMILES string of the molecule is COc1ccc(CCNC(=O)C(C)OC(=O)COc2ccccc2OC)cc1. The lowest BCUT2D eigenvalue weighted by molar-refractivity contribution is -0.156. The second-order valence-corrected chi connectivity index (χ2v) is 5.96. The van der Waals surface area contributed by atoms with Crippen LogP contribution >= 0.6 is 0 Å². The van der Waals surface area contributed by atoms with Gasteiger partial charge in [-0.25, -0.2) is 4.79 Å². The highest BCUT2D eigenvalue weighted by Gasteiger charge is 2.18. The molecule has 2 aromatic carbocycles. The van der Waals surface area contributed by atoms with Crippen molar-refractivity contribution in [2.75, 3.05) is 27.4 Å². The summed E-state index contributed by atoms with van der Waals surface area (Å²) in [5, 5.41) is 2.75. The van der Waals surface area contributed by atoms with Gasteiger partial charge in [-0.1, -0.05) is 24.3 Å². The monoisotopic (exact) mass is 387 g/mol. The highest BCUT2D eigenvalue weighted by atomic mass is 16.6. The van der Waals surface area contributed by atoms with Crippen LogP contribution in [0.25, 0.3) is 0 Å². The molecule has 7 heteroatoms. The molecule has 1 amide bonds. The minimum atomic E-state index is -0.912. The Hall–Kier alpha value is -3.22. The van der Waals surface area contributed by atoms with Crippen molar-refractivity contribution in [2.45, 2.75) is 19.4 Å². The van der Waals surface area contributed by atoms with E-state index in [4.69, 9.17) is 18.9 Å².